The van der Waals surface area contributed by atoms with Crippen molar-refractivity contribution < 1.29 is 0 Å². The molecule has 0 aromatic heterocycles. The molecule has 0 aliphatic heterocycles. The molecule has 86 valence electrons. The van der Waals surface area contributed by atoms with Crippen molar-refractivity contribution in [2.75, 3.05) is 0 Å². The summed E-state index contributed by atoms with van der Waals surface area (Å²) >= 11 is 0. The SMILES string of the molecule is CC(Cc1ccccc1)=C(C)c1ccccc1. The number of rotatable bonds is 3. The molecule has 0 saturated carbocycles. The van der Waals surface area contributed by atoms with Gasteiger partial charge in [0, 0.05) is 0 Å². The van der Waals surface area contributed by atoms with Crippen molar-refractivity contribution in [1.29, 1.82) is 0 Å². The molecule has 2 rings (SSSR count). The molecule has 0 saturated heterocycles. The summed E-state index contributed by atoms with van der Waals surface area (Å²) in [6.45, 7) is 4.42. The van der Waals surface area contributed by atoms with Crippen molar-refractivity contribution in [2.45, 2.75) is 20.3 Å². The highest BCUT2D eigenvalue weighted by atomic mass is 14.1. The zero-order valence-corrected chi connectivity index (χ0v) is 10.5. The fraction of sp³-hybridized carbons (Fsp3) is 0.176. The molecule has 2 aromatic carbocycles. The molecule has 0 heteroatoms. The van der Waals surface area contributed by atoms with Crippen LogP contribution in [0.2, 0.25) is 0 Å². The van der Waals surface area contributed by atoms with Gasteiger partial charge in [-0.25, -0.2) is 0 Å². The minimum Gasteiger partial charge on any atom is -0.0654 e. The summed E-state index contributed by atoms with van der Waals surface area (Å²) < 4.78 is 0. The first-order valence-electron chi connectivity index (χ1n) is 6.03. The molecular formula is C17H18. The summed E-state index contributed by atoms with van der Waals surface area (Å²) in [7, 11) is 0. The van der Waals surface area contributed by atoms with E-state index in [0.29, 0.717) is 0 Å². The molecule has 0 fully saturated rings. The molecule has 0 unspecified atom stereocenters. The van der Waals surface area contributed by atoms with Crippen LogP contribution in [0.5, 0.6) is 0 Å². The number of benzene rings is 2. The highest BCUT2D eigenvalue weighted by Crippen LogP contribution is 2.20. The Balaban J connectivity index is 2.22. The van der Waals surface area contributed by atoms with E-state index in [1.807, 2.05) is 0 Å². The van der Waals surface area contributed by atoms with Gasteiger partial charge in [0.05, 0.1) is 0 Å². The minimum atomic E-state index is 1.03. The quantitative estimate of drug-likeness (QED) is 0.704. The first kappa shape index (κ1) is 11.7. The third-order valence-corrected chi connectivity index (χ3v) is 3.16. The average Bonchev–Trinajstić information content (AvgIpc) is 2.40. The lowest BCUT2D eigenvalue weighted by molar-refractivity contribution is 1.14. The zero-order valence-electron chi connectivity index (χ0n) is 10.5. The minimum absolute atomic E-state index is 1.03. The Hall–Kier alpha value is -1.82. The Morgan fingerprint density at radius 3 is 1.88 bits per heavy atom. The molecule has 17 heavy (non-hydrogen) atoms. The van der Waals surface area contributed by atoms with Gasteiger partial charge in [-0.1, -0.05) is 66.2 Å². The van der Waals surface area contributed by atoms with Gasteiger partial charge in [0.2, 0.25) is 0 Å². The molecule has 0 spiro atoms. The van der Waals surface area contributed by atoms with Crippen molar-refractivity contribution in [3.63, 3.8) is 0 Å². The predicted molar refractivity (Wildman–Crippen MR) is 74.9 cm³/mol. The summed E-state index contributed by atoms with van der Waals surface area (Å²) in [6, 6.07) is 21.2. The van der Waals surface area contributed by atoms with E-state index in [1.165, 1.54) is 22.3 Å². The van der Waals surface area contributed by atoms with Crippen LogP contribution in [-0.4, -0.2) is 0 Å². The average molecular weight is 222 g/mol. The third kappa shape index (κ3) is 3.07. The smallest absolute Gasteiger partial charge is 0.00639 e. The fourth-order valence-electron chi connectivity index (χ4n) is 1.97. The van der Waals surface area contributed by atoms with E-state index in [1.54, 1.807) is 0 Å². The lowest BCUT2D eigenvalue weighted by Gasteiger charge is -2.08. The van der Waals surface area contributed by atoms with Crippen LogP contribution in [0, 0.1) is 0 Å². The van der Waals surface area contributed by atoms with E-state index in [-0.39, 0.29) is 0 Å². The standard InChI is InChI=1S/C17H18/c1-14(13-16-9-5-3-6-10-16)15(2)17-11-7-4-8-12-17/h3-12H,13H2,1-2H3. The number of allylic oxidation sites excluding steroid dienone is 2. The molecule has 2 aromatic rings. The van der Waals surface area contributed by atoms with E-state index in [4.69, 9.17) is 0 Å². The van der Waals surface area contributed by atoms with Crippen LogP contribution in [0.3, 0.4) is 0 Å². The van der Waals surface area contributed by atoms with Crippen LogP contribution in [0.1, 0.15) is 25.0 Å². The number of hydrogen-bond acceptors (Lipinski definition) is 0. The van der Waals surface area contributed by atoms with Gasteiger partial charge >= 0.3 is 0 Å². The maximum Gasteiger partial charge on any atom is -0.00639 e. The maximum absolute atomic E-state index is 2.22. The monoisotopic (exact) mass is 222 g/mol. The van der Waals surface area contributed by atoms with Crippen molar-refractivity contribution >= 4 is 5.57 Å². The zero-order chi connectivity index (χ0) is 12.1. The molecule has 0 atom stereocenters. The van der Waals surface area contributed by atoms with Crippen LogP contribution >= 0.6 is 0 Å². The van der Waals surface area contributed by atoms with E-state index in [2.05, 4.69) is 74.5 Å². The molecule has 0 heterocycles. The molecule has 0 amide bonds. The molecule has 0 bridgehead atoms. The van der Waals surface area contributed by atoms with Crippen molar-refractivity contribution in [2.24, 2.45) is 0 Å². The summed E-state index contributed by atoms with van der Waals surface area (Å²) in [4.78, 5) is 0. The van der Waals surface area contributed by atoms with E-state index in [9.17, 15) is 0 Å². The van der Waals surface area contributed by atoms with Gasteiger partial charge in [0.1, 0.15) is 0 Å². The Morgan fingerprint density at radius 1 is 0.765 bits per heavy atom. The second-order valence-corrected chi connectivity index (χ2v) is 4.43. The summed E-state index contributed by atoms with van der Waals surface area (Å²) in [5, 5.41) is 0. The Morgan fingerprint density at radius 2 is 1.29 bits per heavy atom. The largest absolute Gasteiger partial charge is 0.0654 e. The first-order valence-corrected chi connectivity index (χ1v) is 6.03. The molecule has 0 aliphatic rings. The van der Waals surface area contributed by atoms with Gasteiger partial charge in [-0.15, -0.1) is 0 Å². The predicted octanol–water partition coefficient (Wildman–Crippen LogP) is 4.72. The van der Waals surface area contributed by atoms with Gasteiger partial charge in [-0.2, -0.15) is 0 Å². The molecule has 0 N–H and O–H groups in total. The van der Waals surface area contributed by atoms with Gasteiger partial charge in [0.15, 0.2) is 0 Å². The topological polar surface area (TPSA) is 0 Å². The maximum atomic E-state index is 2.22. The van der Waals surface area contributed by atoms with Crippen molar-refractivity contribution in [1.82, 2.24) is 0 Å². The first-order chi connectivity index (χ1) is 8.27. The van der Waals surface area contributed by atoms with Crippen LogP contribution in [0.25, 0.3) is 5.57 Å². The molecular weight excluding hydrogens is 204 g/mol. The summed E-state index contributed by atoms with van der Waals surface area (Å²) in [5.74, 6) is 0. The van der Waals surface area contributed by atoms with Crippen LogP contribution < -0.4 is 0 Å². The Labute approximate surface area is 104 Å². The van der Waals surface area contributed by atoms with Crippen molar-refractivity contribution in [3.8, 4) is 0 Å². The molecule has 0 aliphatic carbocycles. The Kier molecular flexibility index (Phi) is 3.77. The highest BCUT2D eigenvalue weighted by Gasteiger charge is 2.01. The van der Waals surface area contributed by atoms with Gasteiger partial charge in [0.25, 0.3) is 0 Å². The molecule has 0 nitrogen and oxygen atoms in total. The number of hydrogen-bond donors (Lipinski definition) is 0. The summed E-state index contributed by atoms with van der Waals surface area (Å²) in [5.41, 5.74) is 5.51. The van der Waals surface area contributed by atoms with Crippen LogP contribution in [-0.2, 0) is 6.42 Å². The highest BCUT2D eigenvalue weighted by molar-refractivity contribution is 5.66. The van der Waals surface area contributed by atoms with E-state index < -0.39 is 0 Å². The Bertz CT molecular complexity index is 492. The third-order valence-electron chi connectivity index (χ3n) is 3.16. The van der Waals surface area contributed by atoms with Crippen molar-refractivity contribution in [3.05, 3.63) is 77.4 Å². The fourth-order valence-corrected chi connectivity index (χ4v) is 1.97. The van der Waals surface area contributed by atoms with E-state index in [0.717, 1.165) is 6.42 Å². The lowest BCUT2D eigenvalue weighted by atomic mass is 9.97. The summed E-state index contributed by atoms with van der Waals surface area (Å²) in [6.07, 6.45) is 1.03. The normalized spacial score (nSPS) is 12.1. The second-order valence-electron chi connectivity index (χ2n) is 4.43. The van der Waals surface area contributed by atoms with Crippen LogP contribution in [0.4, 0.5) is 0 Å². The second kappa shape index (κ2) is 5.49. The molecule has 0 radical (unpaired) electrons. The van der Waals surface area contributed by atoms with Gasteiger partial charge in [-0.05, 0) is 37.0 Å². The van der Waals surface area contributed by atoms with Crippen LogP contribution in [0.15, 0.2) is 66.2 Å². The van der Waals surface area contributed by atoms with Gasteiger partial charge < -0.3 is 0 Å². The van der Waals surface area contributed by atoms with Gasteiger partial charge in [-0.3, -0.25) is 0 Å². The van der Waals surface area contributed by atoms with E-state index >= 15 is 0 Å². The lowest BCUT2D eigenvalue weighted by Crippen LogP contribution is -1.90.